The van der Waals surface area contributed by atoms with Gasteiger partial charge in [-0.3, -0.25) is 33.9 Å². The number of morpholine rings is 1. The first-order valence-corrected chi connectivity index (χ1v) is 13.9. The van der Waals surface area contributed by atoms with E-state index in [2.05, 4.69) is 0 Å². The lowest BCUT2D eigenvalue weighted by atomic mass is 10.2. The molecule has 0 aliphatic carbocycles. The second-order valence-electron chi connectivity index (χ2n) is 9.61. The van der Waals surface area contributed by atoms with E-state index in [1.807, 2.05) is 0 Å². The van der Waals surface area contributed by atoms with Crippen molar-refractivity contribution in [2.75, 3.05) is 55.7 Å². The summed E-state index contributed by atoms with van der Waals surface area (Å²) in [5.41, 5.74) is 1.22. The molecular weight excluding hydrogens is 564 g/mol. The number of likely N-dealkylation sites (tertiary alicyclic amines) is 1. The number of hydrogen-bond acceptors (Lipinski definition) is 9. The van der Waals surface area contributed by atoms with Gasteiger partial charge in [-0.05, 0) is 55.8 Å². The van der Waals surface area contributed by atoms with Crippen molar-refractivity contribution in [2.45, 2.75) is 25.0 Å². The van der Waals surface area contributed by atoms with Crippen molar-refractivity contribution in [2.24, 2.45) is 0 Å². The van der Waals surface area contributed by atoms with Gasteiger partial charge in [0.25, 0.3) is 11.8 Å². The van der Waals surface area contributed by atoms with Crippen LogP contribution in [-0.2, 0) is 23.9 Å². The molecular formula is C26H27ClN4O8S. The maximum Gasteiger partial charge on any atom is 0.414 e. The number of halogens is 1. The van der Waals surface area contributed by atoms with E-state index in [0.717, 1.165) is 16.2 Å². The molecule has 0 saturated carbocycles. The number of thiophene rings is 1. The van der Waals surface area contributed by atoms with Gasteiger partial charge >= 0.3 is 12.1 Å². The molecule has 0 radical (unpaired) electrons. The van der Waals surface area contributed by atoms with E-state index in [1.54, 1.807) is 40.1 Å². The van der Waals surface area contributed by atoms with E-state index in [-0.39, 0.29) is 37.0 Å². The van der Waals surface area contributed by atoms with Crippen LogP contribution in [0.2, 0.25) is 4.34 Å². The predicted octanol–water partition coefficient (Wildman–Crippen LogP) is 2.31. The minimum Gasteiger partial charge on any atom is -0.480 e. The van der Waals surface area contributed by atoms with Crippen LogP contribution in [0.25, 0.3) is 0 Å². The van der Waals surface area contributed by atoms with Crippen LogP contribution < -0.4 is 9.80 Å². The smallest absolute Gasteiger partial charge is 0.414 e. The summed E-state index contributed by atoms with van der Waals surface area (Å²) in [7, 11) is 0. The van der Waals surface area contributed by atoms with Crippen LogP contribution in [0.1, 0.15) is 22.5 Å². The molecule has 3 aliphatic heterocycles. The summed E-state index contributed by atoms with van der Waals surface area (Å²) in [5.74, 6) is -2.35. The number of anilines is 2. The molecule has 40 heavy (non-hydrogen) atoms. The number of carboxylic acids is 1. The Morgan fingerprint density at radius 3 is 2.42 bits per heavy atom. The summed E-state index contributed by atoms with van der Waals surface area (Å²) in [6.07, 6.45) is -0.396. The zero-order valence-electron chi connectivity index (χ0n) is 21.4. The summed E-state index contributed by atoms with van der Waals surface area (Å²) < 4.78 is 11.1. The predicted molar refractivity (Wildman–Crippen MR) is 145 cm³/mol. The fourth-order valence-electron chi connectivity index (χ4n) is 5.05. The van der Waals surface area contributed by atoms with Crippen LogP contribution in [0.15, 0.2) is 36.4 Å². The quantitative estimate of drug-likeness (QED) is 0.491. The molecule has 3 aliphatic rings. The van der Waals surface area contributed by atoms with Crippen molar-refractivity contribution < 1.29 is 38.6 Å². The molecule has 3 fully saturated rings. The average molecular weight is 591 g/mol. The molecule has 4 heterocycles. The number of carbonyl (C=O) groups is 5. The van der Waals surface area contributed by atoms with Crippen molar-refractivity contribution in [3.8, 4) is 0 Å². The van der Waals surface area contributed by atoms with Crippen molar-refractivity contribution in [1.82, 2.24) is 9.80 Å². The van der Waals surface area contributed by atoms with Crippen LogP contribution >= 0.6 is 22.9 Å². The van der Waals surface area contributed by atoms with Crippen LogP contribution in [0.3, 0.4) is 0 Å². The Kier molecular flexibility index (Phi) is 8.35. The molecule has 14 heteroatoms. The number of imide groups is 1. The number of carbonyl (C=O) groups excluding carboxylic acids is 4. The highest BCUT2D eigenvalue weighted by molar-refractivity contribution is 7.18. The number of ether oxygens (including phenoxy) is 2. The standard InChI is InChI=1S/C26H27ClN4O8S/c27-21-8-7-20(40-21)24(34)31(22(32)14-28-9-1-2-19(28)25(35)36)13-18-12-30(26(37)39-18)17-5-3-16(4-6-17)29-10-11-38-15-23(29)33/h3-8,18-19H,1-2,9-15H2,(H,35,36)/t18-,19+/m1/s1. The molecule has 1 N–H and O–H groups in total. The first-order chi connectivity index (χ1) is 19.2. The Labute approximate surface area is 238 Å². The number of carboxylic acid groups (broad SMARTS) is 1. The van der Waals surface area contributed by atoms with Gasteiger partial charge < -0.3 is 19.5 Å². The molecule has 5 rings (SSSR count). The van der Waals surface area contributed by atoms with Gasteiger partial charge in [-0.1, -0.05) is 11.6 Å². The van der Waals surface area contributed by atoms with E-state index in [0.29, 0.717) is 48.2 Å². The Morgan fingerprint density at radius 1 is 1.05 bits per heavy atom. The van der Waals surface area contributed by atoms with Gasteiger partial charge in [-0.25, -0.2) is 4.79 Å². The van der Waals surface area contributed by atoms with E-state index < -0.39 is 36.0 Å². The van der Waals surface area contributed by atoms with Crippen molar-refractivity contribution >= 4 is 64.1 Å². The van der Waals surface area contributed by atoms with Crippen molar-refractivity contribution in [3.63, 3.8) is 0 Å². The summed E-state index contributed by atoms with van der Waals surface area (Å²) in [6, 6.07) is 9.12. The third kappa shape index (κ3) is 5.97. The Balaban J connectivity index is 1.29. The lowest BCUT2D eigenvalue weighted by Crippen LogP contribution is -2.49. The molecule has 2 atom stereocenters. The number of nitrogens with zero attached hydrogens (tertiary/aromatic N) is 4. The van der Waals surface area contributed by atoms with Crippen LogP contribution in [0.5, 0.6) is 0 Å². The maximum atomic E-state index is 13.4. The van der Waals surface area contributed by atoms with Gasteiger partial charge in [-0.2, -0.15) is 0 Å². The van der Waals surface area contributed by atoms with Gasteiger partial charge in [0.15, 0.2) is 0 Å². The normalized spacial score (nSPS) is 21.5. The monoisotopic (exact) mass is 590 g/mol. The van der Waals surface area contributed by atoms with Crippen molar-refractivity contribution in [3.05, 3.63) is 45.6 Å². The van der Waals surface area contributed by atoms with Gasteiger partial charge in [0.1, 0.15) is 18.8 Å². The van der Waals surface area contributed by atoms with Gasteiger partial charge in [-0.15, -0.1) is 11.3 Å². The Bertz CT molecular complexity index is 1320. The summed E-state index contributed by atoms with van der Waals surface area (Å²) >= 11 is 7.03. The van der Waals surface area contributed by atoms with Gasteiger partial charge in [0.05, 0.1) is 35.5 Å². The number of amides is 4. The number of aliphatic carboxylic acids is 1. The molecule has 0 spiro atoms. The molecule has 0 bridgehead atoms. The van der Waals surface area contributed by atoms with E-state index in [9.17, 15) is 29.1 Å². The Morgan fingerprint density at radius 2 is 1.77 bits per heavy atom. The van der Waals surface area contributed by atoms with E-state index >= 15 is 0 Å². The lowest BCUT2D eigenvalue weighted by Gasteiger charge is -2.27. The minimum absolute atomic E-state index is 0.0161. The second-order valence-corrected chi connectivity index (χ2v) is 11.3. The average Bonchev–Trinajstić information content (AvgIpc) is 3.67. The van der Waals surface area contributed by atoms with Gasteiger partial charge in [0, 0.05) is 17.9 Å². The van der Waals surface area contributed by atoms with E-state index in [4.69, 9.17) is 21.1 Å². The third-order valence-corrected chi connectivity index (χ3v) is 8.26. The summed E-state index contributed by atoms with van der Waals surface area (Å²) in [4.78, 5) is 69.0. The number of hydrogen-bond donors (Lipinski definition) is 1. The second kappa shape index (κ2) is 11.9. The van der Waals surface area contributed by atoms with E-state index in [1.165, 1.54) is 11.0 Å². The number of rotatable bonds is 8. The molecule has 4 amide bonds. The maximum absolute atomic E-state index is 13.4. The molecule has 12 nitrogen and oxygen atoms in total. The molecule has 2 aromatic rings. The number of cyclic esters (lactones) is 1. The Hall–Kier alpha value is -3.52. The molecule has 212 valence electrons. The lowest BCUT2D eigenvalue weighted by molar-refractivity contribution is -0.143. The molecule has 1 aromatic carbocycles. The largest absolute Gasteiger partial charge is 0.480 e. The SMILES string of the molecule is O=C(O)[C@@H]1CCCN1CC(=O)N(C[C@H]1CN(c2ccc(N3CCOCC3=O)cc2)C(=O)O1)C(=O)c1ccc(Cl)s1. The van der Waals surface area contributed by atoms with Crippen LogP contribution in [0, 0.1) is 0 Å². The summed E-state index contributed by atoms with van der Waals surface area (Å²) in [6.45, 7) is 0.932. The van der Waals surface area contributed by atoms with Gasteiger partial charge in [0.2, 0.25) is 5.91 Å². The fourth-order valence-corrected chi connectivity index (χ4v) is 6.04. The third-order valence-electron chi connectivity index (χ3n) is 7.04. The first-order valence-electron chi connectivity index (χ1n) is 12.7. The zero-order valence-corrected chi connectivity index (χ0v) is 22.9. The summed E-state index contributed by atoms with van der Waals surface area (Å²) in [5, 5.41) is 9.49. The molecule has 1 aromatic heterocycles. The number of benzene rings is 1. The van der Waals surface area contributed by atoms with Crippen LogP contribution in [-0.4, -0.2) is 103 Å². The zero-order chi connectivity index (χ0) is 28.4. The highest BCUT2D eigenvalue weighted by atomic mass is 35.5. The topological polar surface area (TPSA) is 137 Å². The van der Waals surface area contributed by atoms with Crippen LogP contribution in [0.4, 0.5) is 16.2 Å². The fraction of sp³-hybridized carbons (Fsp3) is 0.423. The first kappa shape index (κ1) is 28.0. The molecule has 3 saturated heterocycles. The van der Waals surface area contributed by atoms with Crippen molar-refractivity contribution in [1.29, 1.82) is 0 Å². The minimum atomic E-state index is -1.02. The highest BCUT2D eigenvalue weighted by Gasteiger charge is 2.39. The molecule has 0 unspecified atom stereocenters. The highest BCUT2D eigenvalue weighted by Crippen LogP contribution is 2.28.